The molecule has 2 heterocycles. The van der Waals surface area contributed by atoms with Gasteiger partial charge in [0.05, 0.1) is 0 Å². The van der Waals surface area contributed by atoms with Crippen molar-refractivity contribution in [1.82, 2.24) is 10.2 Å². The van der Waals surface area contributed by atoms with Gasteiger partial charge in [-0.15, -0.1) is 0 Å². The third-order valence-corrected chi connectivity index (χ3v) is 5.75. The maximum absolute atomic E-state index is 3.71. The highest BCUT2D eigenvalue weighted by Crippen LogP contribution is 2.40. The number of hydrogen-bond acceptors (Lipinski definition) is 2. The zero-order valence-electron chi connectivity index (χ0n) is 11.8. The summed E-state index contributed by atoms with van der Waals surface area (Å²) in [4.78, 5) is 2.73. The van der Waals surface area contributed by atoms with Crippen molar-refractivity contribution in [3.8, 4) is 0 Å². The summed E-state index contributed by atoms with van der Waals surface area (Å²) < 4.78 is 1.24. The Morgan fingerprint density at radius 3 is 2.89 bits per heavy atom. The second-order valence-electron chi connectivity index (χ2n) is 5.95. The quantitative estimate of drug-likeness (QED) is 0.917. The normalized spacial score (nSPS) is 32.5. The molecule has 2 aliphatic heterocycles. The number of likely N-dealkylation sites (tertiary alicyclic amines) is 1. The van der Waals surface area contributed by atoms with Gasteiger partial charge in [-0.1, -0.05) is 41.1 Å². The third-order valence-electron chi connectivity index (χ3n) is 5.03. The Balaban J connectivity index is 1.84. The molecule has 0 aromatic heterocycles. The van der Waals surface area contributed by atoms with Crippen molar-refractivity contribution < 1.29 is 0 Å². The number of fused-ring (bicyclic) bond motifs is 1. The topological polar surface area (TPSA) is 15.3 Å². The summed E-state index contributed by atoms with van der Waals surface area (Å²) in [7, 11) is 0. The van der Waals surface area contributed by atoms with E-state index in [1.807, 2.05) is 0 Å². The minimum absolute atomic E-state index is 0.506. The first kappa shape index (κ1) is 13.6. The average molecular weight is 323 g/mol. The van der Waals surface area contributed by atoms with E-state index in [4.69, 9.17) is 0 Å². The number of rotatable bonds is 3. The molecule has 4 unspecified atom stereocenters. The molecule has 104 valence electrons. The molecule has 19 heavy (non-hydrogen) atoms. The molecule has 0 saturated carbocycles. The van der Waals surface area contributed by atoms with Gasteiger partial charge in [0.2, 0.25) is 0 Å². The van der Waals surface area contributed by atoms with E-state index in [0.29, 0.717) is 6.04 Å². The standard InChI is InChI=1S/C16H23BrN2/c1-3-16-14-9-18-8-12(14)10-19(16)11(2)13-6-4-5-7-15(13)17/h4-7,11-12,14,16,18H,3,8-10H2,1-2H3. The molecule has 0 bridgehead atoms. The van der Waals surface area contributed by atoms with Gasteiger partial charge in [0.25, 0.3) is 0 Å². The number of nitrogens with zero attached hydrogens (tertiary/aromatic N) is 1. The zero-order chi connectivity index (χ0) is 13.4. The van der Waals surface area contributed by atoms with E-state index in [1.165, 1.54) is 36.1 Å². The van der Waals surface area contributed by atoms with Crippen LogP contribution in [0.3, 0.4) is 0 Å². The van der Waals surface area contributed by atoms with Gasteiger partial charge in [0.15, 0.2) is 0 Å². The van der Waals surface area contributed by atoms with Crippen LogP contribution < -0.4 is 5.32 Å². The second-order valence-corrected chi connectivity index (χ2v) is 6.81. The second kappa shape index (κ2) is 5.55. The number of halogens is 1. The molecule has 1 aromatic carbocycles. The van der Waals surface area contributed by atoms with Crippen molar-refractivity contribution in [2.75, 3.05) is 19.6 Å². The fourth-order valence-electron chi connectivity index (χ4n) is 4.03. The molecular formula is C16H23BrN2. The molecule has 1 N–H and O–H groups in total. The molecule has 2 saturated heterocycles. The van der Waals surface area contributed by atoms with E-state index in [0.717, 1.165) is 17.9 Å². The highest BCUT2D eigenvalue weighted by Gasteiger charge is 2.44. The van der Waals surface area contributed by atoms with Gasteiger partial charge in [-0.05, 0) is 49.9 Å². The maximum atomic E-state index is 3.71. The van der Waals surface area contributed by atoms with Crippen molar-refractivity contribution >= 4 is 15.9 Å². The molecule has 0 radical (unpaired) electrons. The Kier molecular flexibility index (Phi) is 3.97. The minimum Gasteiger partial charge on any atom is -0.316 e. The van der Waals surface area contributed by atoms with Crippen LogP contribution in [-0.4, -0.2) is 30.6 Å². The largest absolute Gasteiger partial charge is 0.316 e. The predicted molar refractivity (Wildman–Crippen MR) is 83.2 cm³/mol. The summed E-state index contributed by atoms with van der Waals surface area (Å²) in [6.07, 6.45) is 1.26. The summed E-state index contributed by atoms with van der Waals surface area (Å²) >= 11 is 3.71. The molecular weight excluding hydrogens is 300 g/mol. The molecule has 3 heteroatoms. The highest BCUT2D eigenvalue weighted by molar-refractivity contribution is 9.10. The average Bonchev–Trinajstić information content (AvgIpc) is 2.98. The lowest BCUT2D eigenvalue weighted by Gasteiger charge is -2.33. The number of nitrogens with one attached hydrogen (secondary N) is 1. The summed E-state index contributed by atoms with van der Waals surface area (Å²) in [5, 5.41) is 3.56. The molecule has 4 atom stereocenters. The maximum Gasteiger partial charge on any atom is 0.0334 e. The van der Waals surface area contributed by atoms with Crippen molar-refractivity contribution in [2.45, 2.75) is 32.4 Å². The first-order chi connectivity index (χ1) is 9.22. The summed E-state index contributed by atoms with van der Waals surface area (Å²) in [5.74, 6) is 1.71. The van der Waals surface area contributed by atoms with Crippen LogP contribution in [0, 0.1) is 11.8 Å². The number of benzene rings is 1. The van der Waals surface area contributed by atoms with Crippen molar-refractivity contribution in [3.63, 3.8) is 0 Å². The van der Waals surface area contributed by atoms with Crippen LogP contribution in [0.25, 0.3) is 0 Å². The summed E-state index contributed by atoms with van der Waals surface area (Å²) in [5.41, 5.74) is 1.42. The molecule has 3 rings (SSSR count). The summed E-state index contributed by atoms with van der Waals surface area (Å²) in [6, 6.07) is 9.91. The van der Waals surface area contributed by atoms with Crippen molar-refractivity contribution in [2.24, 2.45) is 11.8 Å². The molecule has 2 nitrogen and oxygen atoms in total. The Morgan fingerprint density at radius 2 is 2.16 bits per heavy atom. The van der Waals surface area contributed by atoms with Gasteiger partial charge in [-0.2, -0.15) is 0 Å². The first-order valence-corrected chi connectivity index (χ1v) is 8.22. The number of hydrogen-bond donors (Lipinski definition) is 1. The zero-order valence-corrected chi connectivity index (χ0v) is 13.4. The molecule has 0 spiro atoms. The molecule has 2 aliphatic rings. The fourth-order valence-corrected chi connectivity index (χ4v) is 4.65. The molecule has 2 fully saturated rings. The van der Waals surface area contributed by atoms with Crippen LogP contribution >= 0.6 is 15.9 Å². The van der Waals surface area contributed by atoms with E-state index in [2.05, 4.69) is 64.3 Å². The minimum atomic E-state index is 0.506. The van der Waals surface area contributed by atoms with Gasteiger partial charge in [-0.3, -0.25) is 4.90 Å². The first-order valence-electron chi connectivity index (χ1n) is 7.43. The van der Waals surface area contributed by atoms with E-state index in [9.17, 15) is 0 Å². The van der Waals surface area contributed by atoms with E-state index in [1.54, 1.807) is 0 Å². The molecule has 0 aliphatic carbocycles. The van der Waals surface area contributed by atoms with Crippen LogP contribution in [0.15, 0.2) is 28.7 Å². The van der Waals surface area contributed by atoms with Gasteiger partial charge in [-0.25, -0.2) is 0 Å². The van der Waals surface area contributed by atoms with Crippen molar-refractivity contribution in [1.29, 1.82) is 0 Å². The Bertz CT molecular complexity index is 448. The van der Waals surface area contributed by atoms with Crippen LogP contribution in [0.1, 0.15) is 31.9 Å². The van der Waals surface area contributed by atoms with Crippen LogP contribution in [-0.2, 0) is 0 Å². The van der Waals surface area contributed by atoms with Crippen LogP contribution in [0.2, 0.25) is 0 Å². The Hall–Kier alpha value is -0.380. The third kappa shape index (κ3) is 2.37. The monoisotopic (exact) mass is 322 g/mol. The van der Waals surface area contributed by atoms with Gasteiger partial charge < -0.3 is 5.32 Å². The van der Waals surface area contributed by atoms with Gasteiger partial charge >= 0.3 is 0 Å². The van der Waals surface area contributed by atoms with E-state index >= 15 is 0 Å². The predicted octanol–water partition coefficient (Wildman–Crippen LogP) is 3.44. The lowest BCUT2D eigenvalue weighted by atomic mass is 9.92. The van der Waals surface area contributed by atoms with Crippen molar-refractivity contribution in [3.05, 3.63) is 34.3 Å². The van der Waals surface area contributed by atoms with E-state index in [-0.39, 0.29) is 0 Å². The fraction of sp³-hybridized carbons (Fsp3) is 0.625. The SMILES string of the molecule is CCC1C2CNCC2CN1C(C)c1ccccc1Br. The van der Waals surface area contributed by atoms with Crippen LogP contribution in [0.5, 0.6) is 0 Å². The summed E-state index contributed by atoms with van der Waals surface area (Å²) in [6.45, 7) is 8.36. The lowest BCUT2D eigenvalue weighted by molar-refractivity contribution is 0.165. The Labute approximate surface area is 124 Å². The molecule has 1 aromatic rings. The lowest BCUT2D eigenvalue weighted by Crippen LogP contribution is -2.37. The highest BCUT2D eigenvalue weighted by atomic mass is 79.9. The Morgan fingerprint density at radius 1 is 1.37 bits per heavy atom. The van der Waals surface area contributed by atoms with Gasteiger partial charge in [0, 0.05) is 23.1 Å². The van der Waals surface area contributed by atoms with Crippen LogP contribution in [0.4, 0.5) is 0 Å². The van der Waals surface area contributed by atoms with Gasteiger partial charge in [0.1, 0.15) is 0 Å². The smallest absolute Gasteiger partial charge is 0.0334 e. The van der Waals surface area contributed by atoms with E-state index < -0.39 is 0 Å². The molecule has 0 amide bonds.